The van der Waals surface area contributed by atoms with Crippen LogP contribution in [0.5, 0.6) is 0 Å². The highest BCUT2D eigenvalue weighted by atomic mass is 16.7. The number of fused-ring (bicyclic) bond motifs is 2. The van der Waals surface area contributed by atoms with Crippen LogP contribution in [0, 0.1) is 0 Å². The summed E-state index contributed by atoms with van der Waals surface area (Å²) in [5, 5.41) is 0.616. The van der Waals surface area contributed by atoms with E-state index >= 15 is 0 Å². The molecule has 2 aliphatic rings. The third-order valence-electron chi connectivity index (χ3n) is 5.15. The quantitative estimate of drug-likeness (QED) is 0.667. The summed E-state index contributed by atoms with van der Waals surface area (Å²) in [7, 11) is 0. The number of rotatable bonds is 1. The van der Waals surface area contributed by atoms with E-state index in [2.05, 4.69) is 9.97 Å². The molecule has 0 radical (unpaired) electrons. The van der Waals surface area contributed by atoms with Gasteiger partial charge in [0.25, 0.3) is 5.56 Å². The molecule has 1 spiro atoms. The number of hydrogen-bond acceptors (Lipinski definition) is 6. The van der Waals surface area contributed by atoms with Crippen molar-refractivity contribution in [1.29, 1.82) is 0 Å². The minimum absolute atomic E-state index is 0.00857. The minimum atomic E-state index is -0.558. The first-order valence-corrected chi connectivity index (χ1v) is 8.82. The van der Waals surface area contributed by atoms with E-state index in [9.17, 15) is 4.79 Å². The molecule has 2 aromatic heterocycles. The molecule has 0 saturated carbocycles. The smallest absolute Gasteiger partial charge is 0.261 e. The molecule has 7 nitrogen and oxygen atoms in total. The van der Waals surface area contributed by atoms with Crippen LogP contribution in [-0.2, 0) is 22.4 Å². The van der Waals surface area contributed by atoms with Crippen molar-refractivity contribution in [1.82, 2.24) is 19.5 Å². The average molecular weight is 350 g/mol. The molecule has 132 valence electrons. The van der Waals surface area contributed by atoms with Gasteiger partial charge in [-0.15, -0.1) is 0 Å². The van der Waals surface area contributed by atoms with Crippen LogP contribution in [-0.4, -0.2) is 38.5 Å². The number of benzene rings is 1. The highest BCUT2D eigenvalue weighted by molar-refractivity contribution is 5.82. The Morgan fingerprint density at radius 2 is 2.00 bits per heavy atom. The van der Waals surface area contributed by atoms with Crippen LogP contribution < -0.4 is 5.56 Å². The van der Waals surface area contributed by atoms with Crippen LogP contribution in [0.15, 0.2) is 41.6 Å². The Balaban J connectivity index is 1.60. The van der Waals surface area contributed by atoms with E-state index in [1.54, 1.807) is 23.2 Å². The monoisotopic (exact) mass is 350 g/mol. The zero-order chi connectivity index (χ0) is 17.6. The van der Waals surface area contributed by atoms with Crippen molar-refractivity contribution in [3.63, 3.8) is 0 Å². The Kier molecular flexibility index (Phi) is 3.58. The second-order valence-electron chi connectivity index (χ2n) is 6.67. The number of nitrogens with zero attached hydrogens (tertiary/aromatic N) is 4. The van der Waals surface area contributed by atoms with Gasteiger partial charge >= 0.3 is 0 Å². The van der Waals surface area contributed by atoms with Gasteiger partial charge in [0.05, 0.1) is 36.0 Å². The molecule has 3 aromatic rings. The molecule has 0 amide bonds. The van der Waals surface area contributed by atoms with Gasteiger partial charge in [-0.05, 0) is 12.1 Å². The molecule has 1 saturated heterocycles. The Hall–Kier alpha value is -2.64. The predicted octanol–water partition coefficient (Wildman–Crippen LogP) is 1.93. The summed E-state index contributed by atoms with van der Waals surface area (Å²) < 4.78 is 13.4. The van der Waals surface area contributed by atoms with Crippen molar-refractivity contribution in [2.75, 3.05) is 13.2 Å². The number of aryl methyl sites for hydroxylation is 1. The lowest BCUT2D eigenvalue weighted by atomic mass is 10.1. The van der Waals surface area contributed by atoms with E-state index in [0.717, 1.165) is 23.5 Å². The molecule has 0 bridgehead atoms. The van der Waals surface area contributed by atoms with Gasteiger partial charge in [-0.3, -0.25) is 19.3 Å². The maximum absolute atomic E-state index is 13.0. The van der Waals surface area contributed by atoms with Gasteiger partial charge in [-0.25, -0.2) is 4.98 Å². The first kappa shape index (κ1) is 15.6. The summed E-state index contributed by atoms with van der Waals surface area (Å²) in [5.41, 5.74) is 2.34. The predicted molar refractivity (Wildman–Crippen MR) is 94.6 cm³/mol. The van der Waals surface area contributed by atoms with Gasteiger partial charge in [-0.2, -0.15) is 0 Å². The van der Waals surface area contributed by atoms with Crippen LogP contribution >= 0.6 is 0 Å². The molecular formula is C19H18N4O3. The topological polar surface area (TPSA) is 79.1 Å². The van der Waals surface area contributed by atoms with Crippen molar-refractivity contribution in [2.45, 2.75) is 31.6 Å². The maximum atomic E-state index is 13.0. The number of hydrogen-bond donors (Lipinski definition) is 0. The van der Waals surface area contributed by atoms with Crippen molar-refractivity contribution >= 4 is 10.9 Å². The van der Waals surface area contributed by atoms with E-state index in [0.29, 0.717) is 43.5 Å². The summed E-state index contributed by atoms with van der Waals surface area (Å²) in [5.74, 6) is 0.228. The summed E-state index contributed by atoms with van der Waals surface area (Å²) in [6, 6.07) is 5.62. The number of aromatic nitrogens is 4. The molecule has 0 N–H and O–H groups in total. The molecule has 5 rings (SSSR count). The fraction of sp³-hybridized carbons (Fsp3) is 0.368. The summed E-state index contributed by atoms with van der Waals surface area (Å²) in [4.78, 5) is 26.2. The second-order valence-corrected chi connectivity index (χ2v) is 6.67. The normalized spacial score (nSPS) is 18.8. The van der Waals surface area contributed by atoms with E-state index in [1.165, 1.54) is 0 Å². The molecule has 1 fully saturated rings. The van der Waals surface area contributed by atoms with Crippen molar-refractivity contribution in [3.05, 3.63) is 53.0 Å². The van der Waals surface area contributed by atoms with Gasteiger partial charge in [0.1, 0.15) is 5.82 Å². The van der Waals surface area contributed by atoms with E-state index in [1.807, 2.05) is 18.2 Å². The third-order valence-corrected chi connectivity index (χ3v) is 5.15. The Morgan fingerprint density at radius 1 is 1.12 bits per heavy atom. The first-order chi connectivity index (χ1) is 12.7. The van der Waals surface area contributed by atoms with Crippen molar-refractivity contribution in [3.8, 4) is 11.3 Å². The van der Waals surface area contributed by atoms with Gasteiger partial charge in [0.15, 0.2) is 5.79 Å². The summed E-state index contributed by atoms with van der Waals surface area (Å²) in [6.45, 7) is 1.78. The fourth-order valence-corrected chi connectivity index (χ4v) is 3.79. The Morgan fingerprint density at radius 3 is 2.81 bits per heavy atom. The van der Waals surface area contributed by atoms with Crippen LogP contribution in [0.4, 0.5) is 0 Å². The minimum Gasteiger partial charge on any atom is -0.347 e. The standard InChI is InChI=1S/C19H18N4O3/c24-18-14-2-1-13(16-12-20-6-7-21-16)11-15(14)22-17-3-4-19(5-8-23(17)18)25-9-10-26-19/h1-2,6-7,11-12H,3-5,8-10H2. The average Bonchev–Trinajstić information content (AvgIpc) is 3.07. The zero-order valence-corrected chi connectivity index (χ0v) is 14.2. The van der Waals surface area contributed by atoms with Crippen LogP contribution in [0.2, 0.25) is 0 Å². The third kappa shape index (κ3) is 2.51. The number of ether oxygens (including phenoxy) is 2. The lowest BCUT2D eigenvalue weighted by Crippen LogP contribution is -2.31. The highest BCUT2D eigenvalue weighted by Crippen LogP contribution is 2.32. The lowest BCUT2D eigenvalue weighted by Gasteiger charge is -2.24. The molecule has 7 heteroatoms. The molecular weight excluding hydrogens is 332 g/mol. The Bertz CT molecular complexity index is 1030. The zero-order valence-electron chi connectivity index (χ0n) is 14.2. The second kappa shape index (κ2) is 5.96. The van der Waals surface area contributed by atoms with Crippen LogP contribution in [0.3, 0.4) is 0 Å². The molecule has 2 aliphatic heterocycles. The molecule has 0 unspecified atom stereocenters. The van der Waals surface area contributed by atoms with Gasteiger partial charge < -0.3 is 9.47 Å². The summed E-state index contributed by atoms with van der Waals surface area (Å²) >= 11 is 0. The van der Waals surface area contributed by atoms with E-state index in [-0.39, 0.29) is 5.56 Å². The molecule has 0 aliphatic carbocycles. The fourth-order valence-electron chi connectivity index (χ4n) is 3.79. The largest absolute Gasteiger partial charge is 0.347 e. The van der Waals surface area contributed by atoms with Gasteiger partial charge in [-0.1, -0.05) is 6.07 Å². The maximum Gasteiger partial charge on any atom is 0.261 e. The molecule has 4 heterocycles. The highest BCUT2D eigenvalue weighted by Gasteiger charge is 2.38. The van der Waals surface area contributed by atoms with Crippen molar-refractivity contribution in [2.24, 2.45) is 0 Å². The van der Waals surface area contributed by atoms with Gasteiger partial charge in [0, 0.05) is 43.8 Å². The van der Waals surface area contributed by atoms with Crippen LogP contribution in [0.1, 0.15) is 18.7 Å². The molecule has 0 atom stereocenters. The van der Waals surface area contributed by atoms with Crippen molar-refractivity contribution < 1.29 is 9.47 Å². The SMILES string of the molecule is O=c1c2ccc(-c3cnccn3)cc2nc2n1CCC1(CC2)OCCO1. The molecule has 1 aromatic carbocycles. The Labute approximate surface area is 149 Å². The van der Waals surface area contributed by atoms with Gasteiger partial charge in [0.2, 0.25) is 0 Å². The van der Waals surface area contributed by atoms with E-state index < -0.39 is 5.79 Å². The van der Waals surface area contributed by atoms with Crippen LogP contribution in [0.25, 0.3) is 22.2 Å². The summed E-state index contributed by atoms with van der Waals surface area (Å²) in [6.07, 6.45) is 7.04. The first-order valence-electron chi connectivity index (χ1n) is 8.82. The molecule has 26 heavy (non-hydrogen) atoms. The van der Waals surface area contributed by atoms with E-state index in [4.69, 9.17) is 14.5 Å². The lowest BCUT2D eigenvalue weighted by molar-refractivity contribution is -0.165.